The molecule has 3 aromatic rings. The molecule has 2 N–H and O–H groups in total. The van der Waals surface area contributed by atoms with E-state index in [1.54, 1.807) is 0 Å². The highest BCUT2D eigenvalue weighted by molar-refractivity contribution is 5.90. The average Bonchev–Trinajstić information content (AvgIpc) is 2.95. The third kappa shape index (κ3) is 4.35. The van der Waals surface area contributed by atoms with Gasteiger partial charge in [-0.2, -0.15) is 10.4 Å². The van der Waals surface area contributed by atoms with Gasteiger partial charge in [0.2, 0.25) is 0 Å². The fourth-order valence-electron chi connectivity index (χ4n) is 2.95. The van der Waals surface area contributed by atoms with Crippen LogP contribution in [0.4, 0.5) is 14.9 Å². The molecule has 7 heteroatoms. The Labute approximate surface area is 162 Å². The van der Waals surface area contributed by atoms with Gasteiger partial charge in [-0.1, -0.05) is 30.3 Å². The fourth-order valence-corrected chi connectivity index (χ4v) is 2.95. The van der Waals surface area contributed by atoms with Gasteiger partial charge in [0.25, 0.3) is 0 Å². The molecule has 0 unspecified atom stereocenters. The Bertz CT molecular complexity index is 1040. The van der Waals surface area contributed by atoms with Gasteiger partial charge in [-0.15, -0.1) is 0 Å². The number of aromatic nitrogens is 2. The minimum absolute atomic E-state index is 0.0678. The van der Waals surface area contributed by atoms with Crippen LogP contribution in [-0.4, -0.2) is 15.8 Å². The number of anilines is 1. The van der Waals surface area contributed by atoms with Crippen molar-refractivity contribution in [1.82, 2.24) is 15.1 Å². The summed E-state index contributed by atoms with van der Waals surface area (Å²) < 4.78 is 15.1. The van der Waals surface area contributed by atoms with Crippen LogP contribution in [0.25, 0.3) is 0 Å². The van der Waals surface area contributed by atoms with E-state index in [0.717, 1.165) is 28.6 Å². The first kappa shape index (κ1) is 19.1. The lowest BCUT2D eigenvalue weighted by atomic mass is 10.2. The molecule has 0 bridgehead atoms. The molecule has 0 atom stereocenters. The molecule has 0 saturated carbocycles. The SMILES string of the molecule is Cc1nn(Cc2ccccc2)c(C)c1CNC(=O)Nc1ccc(F)cc1C#N. The molecular weight excluding hydrogens is 357 g/mol. The number of carbonyl (C=O) groups is 1. The van der Waals surface area contributed by atoms with Crippen LogP contribution >= 0.6 is 0 Å². The first-order chi connectivity index (χ1) is 13.5. The third-order valence-electron chi connectivity index (χ3n) is 4.48. The van der Waals surface area contributed by atoms with Crippen LogP contribution in [0.1, 0.15) is 28.1 Å². The predicted molar refractivity (Wildman–Crippen MR) is 104 cm³/mol. The Morgan fingerprint density at radius 3 is 2.68 bits per heavy atom. The highest BCUT2D eigenvalue weighted by Gasteiger charge is 2.14. The van der Waals surface area contributed by atoms with Crippen molar-refractivity contribution in [2.75, 3.05) is 5.32 Å². The summed E-state index contributed by atoms with van der Waals surface area (Å²) in [6.45, 7) is 4.81. The average molecular weight is 377 g/mol. The zero-order valence-corrected chi connectivity index (χ0v) is 15.7. The molecule has 142 valence electrons. The summed E-state index contributed by atoms with van der Waals surface area (Å²) in [5, 5.41) is 19.0. The lowest BCUT2D eigenvalue weighted by Crippen LogP contribution is -2.29. The van der Waals surface area contributed by atoms with Crippen molar-refractivity contribution in [3.05, 3.63) is 82.4 Å². The van der Waals surface area contributed by atoms with Gasteiger partial charge in [-0.05, 0) is 37.6 Å². The molecule has 1 heterocycles. The van der Waals surface area contributed by atoms with Crippen molar-refractivity contribution >= 4 is 11.7 Å². The molecule has 0 aliphatic carbocycles. The number of halogens is 1. The number of nitrogens with one attached hydrogen (secondary N) is 2. The molecule has 2 aromatic carbocycles. The molecule has 0 radical (unpaired) electrons. The zero-order chi connectivity index (χ0) is 20.1. The molecular formula is C21H20FN5O. The minimum Gasteiger partial charge on any atom is -0.334 e. The van der Waals surface area contributed by atoms with Crippen LogP contribution in [0.5, 0.6) is 0 Å². The summed E-state index contributed by atoms with van der Waals surface area (Å²) in [4.78, 5) is 12.2. The number of nitriles is 1. The van der Waals surface area contributed by atoms with Crippen LogP contribution in [-0.2, 0) is 13.1 Å². The maximum absolute atomic E-state index is 13.2. The summed E-state index contributed by atoms with van der Waals surface area (Å²) in [6.07, 6.45) is 0. The smallest absolute Gasteiger partial charge is 0.319 e. The molecule has 3 rings (SSSR count). The Hall–Kier alpha value is -3.66. The van der Waals surface area contributed by atoms with E-state index in [9.17, 15) is 9.18 Å². The number of urea groups is 1. The van der Waals surface area contributed by atoms with E-state index in [0.29, 0.717) is 13.1 Å². The van der Waals surface area contributed by atoms with E-state index in [-0.39, 0.29) is 11.3 Å². The number of carbonyl (C=O) groups excluding carboxylic acids is 1. The van der Waals surface area contributed by atoms with Gasteiger partial charge >= 0.3 is 6.03 Å². The molecule has 0 saturated heterocycles. The minimum atomic E-state index is -0.528. The van der Waals surface area contributed by atoms with E-state index in [4.69, 9.17) is 5.26 Å². The quantitative estimate of drug-likeness (QED) is 0.708. The Morgan fingerprint density at radius 1 is 1.21 bits per heavy atom. The van der Waals surface area contributed by atoms with Crippen LogP contribution in [0, 0.1) is 31.0 Å². The van der Waals surface area contributed by atoms with E-state index < -0.39 is 11.8 Å². The molecule has 2 amide bonds. The monoisotopic (exact) mass is 377 g/mol. The maximum Gasteiger partial charge on any atom is 0.319 e. The summed E-state index contributed by atoms with van der Waals surface area (Å²) in [5.41, 5.74) is 4.22. The number of nitrogens with zero attached hydrogens (tertiary/aromatic N) is 3. The molecule has 0 aliphatic rings. The van der Waals surface area contributed by atoms with Crippen molar-refractivity contribution < 1.29 is 9.18 Å². The van der Waals surface area contributed by atoms with Crippen molar-refractivity contribution in [3.8, 4) is 6.07 Å². The topological polar surface area (TPSA) is 82.7 Å². The first-order valence-corrected chi connectivity index (χ1v) is 8.79. The van der Waals surface area contributed by atoms with Crippen molar-refractivity contribution in [2.45, 2.75) is 26.9 Å². The first-order valence-electron chi connectivity index (χ1n) is 8.79. The summed E-state index contributed by atoms with van der Waals surface area (Å²) >= 11 is 0. The number of aryl methyl sites for hydroxylation is 1. The number of hydrogen-bond donors (Lipinski definition) is 2. The second kappa shape index (κ2) is 8.35. The summed E-state index contributed by atoms with van der Waals surface area (Å²) in [6, 6.07) is 15.0. The van der Waals surface area contributed by atoms with E-state index in [2.05, 4.69) is 15.7 Å². The Balaban J connectivity index is 1.66. The van der Waals surface area contributed by atoms with Crippen molar-refractivity contribution in [2.24, 2.45) is 0 Å². The molecule has 0 fully saturated rings. The highest BCUT2D eigenvalue weighted by Crippen LogP contribution is 2.17. The fraction of sp³-hybridized carbons (Fsp3) is 0.190. The third-order valence-corrected chi connectivity index (χ3v) is 4.48. The predicted octanol–water partition coefficient (Wildman–Crippen LogP) is 3.88. The van der Waals surface area contributed by atoms with Crippen LogP contribution in [0.3, 0.4) is 0 Å². The molecule has 0 spiro atoms. The van der Waals surface area contributed by atoms with E-state index >= 15 is 0 Å². The van der Waals surface area contributed by atoms with E-state index in [1.807, 2.05) is 54.9 Å². The summed E-state index contributed by atoms with van der Waals surface area (Å²) in [7, 11) is 0. The van der Waals surface area contributed by atoms with Gasteiger partial charge in [0.1, 0.15) is 11.9 Å². The summed E-state index contributed by atoms with van der Waals surface area (Å²) in [5.74, 6) is -0.528. The van der Waals surface area contributed by atoms with Gasteiger partial charge in [-0.3, -0.25) is 4.68 Å². The van der Waals surface area contributed by atoms with Crippen molar-refractivity contribution in [1.29, 1.82) is 5.26 Å². The standard InChI is InChI=1S/C21H20FN5O/c1-14-19(15(2)27(26-14)13-16-6-4-3-5-7-16)12-24-21(28)25-20-9-8-18(22)10-17(20)11-23/h3-10H,12-13H2,1-2H3,(H2,24,25,28). The lowest BCUT2D eigenvalue weighted by molar-refractivity contribution is 0.251. The normalized spacial score (nSPS) is 10.4. The second-order valence-corrected chi connectivity index (χ2v) is 6.40. The molecule has 6 nitrogen and oxygen atoms in total. The molecule has 28 heavy (non-hydrogen) atoms. The van der Waals surface area contributed by atoms with Gasteiger partial charge in [0.15, 0.2) is 0 Å². The maximum atomic E-state index is 13.2. The number of amides is 2. The zero-order valence-electron chi connectivity index (χ0n) is 15.7. The second-order valence-electron chi connectivity index (χ2n) is 6.40. The van der Waals surface area contributed by atoms with Gasteiger partial charge in [0.05, 0.1) is 23.5 Å². The van der Waals surface area contributed by atoms with Gasteiger partial charge in [0, 0.05) is 17.8 Å². The van der Waals surface area contributed by atoms with Crippen molar-refractivity contribution in [3.63, 3.8) is 0 Å². The van der Waals surface area contributed by atoms with Crippen LogP contribution in [0.2, 0.25) is 0 Å². The van der Waals surface area contributed by atoms with E-state index in [1.165, 1.54) is 12.1 Å². The number of rotatable bonds is 5. The molecule has 0 aliphatic heterocycles. The Morgan fingerprint density at radius 2 is 1.96 bits per heavy atom. The highest BCUT2D eigenvalue weighted by atomic mass is 19.1. The largest absolute Gasteiger partial charge is 0.334 e. The number of hydrogen-bond acceptors (Lipinski definition) is 3. The van der Waals surface area contributed by atoms with Crippen LogP contribution < -0.4 is 10.6 Å². The molecule has 1 aromatic heterocycles. The Kier molecular flexibility index (Phi) is 5.70. The lowest BCUT2D eigenvalue weighted by Gasteiger charge is -2.10. The van der Waals surface area contributed by atoms with Gasteiger partial charge in [-0.25, -0.2) is 9.18 Å². The number of benzene rings is 2. The van der Waals surface area contributed by atoms with Crippen LogP contribution in [0.15, 0.2) is 48.5 Å². The van der Waals surface area contributed by atoms with Gasteiger partial charge < -0.3 is 10.6 Å².